The molecule has 0 aliphatic carbocycles. The van der Waals surface area contributed by atoms with Crippen molar-refractivity contribution in [2.24, 2.45) is 0 Å². The maximum Gasteiger partial charge on any atom is 0.323 e. The van der Waals surface area contributed by atoms with E-state index in [9.17, 15) is 14.7 Å². The van der Waals surface area contributed by atoms with Crippen LogP contribution >= 0.6 is 0 Å². The van der Waals surface area contributed by atoms with Gasteiger partial charge in [-0.25, -0.2) is 0 Å². The second kappa shape index (κ2) is 21.4. The van der Waals surface area contributed by atoms with Crippen LogP contribution < -0.4 is 0 Å². The molecule has 5 heteroatoms. The summed E-state index contributed by atoms with van der Waals surface area (Å²) in [4.78, 5) is 25.7. The first-order valence-electron chi connectivity index (χ1n) is 14.7. The van der Waals surface area contributed by atoms with Gasteiger partial charge in [-0.15, -0.1) is 0 Å². The van der Waals surface area contributed by atoms with Crippen LogP contribution in [0.2, 0.25) is 0 Å². The molecular formula is C29H55NO4. The van der Waals surface area contributed by atoms with E-state index >= 15 is 0 Å². The van der Waals surface area contributed by atoms with Crippen LogP contribution in [0.5, 0.6) is 0 Å². The van der Waals surface area contributed by atoms with Gasteiger partial charge in [0.05, 0.1) is 6.10 Å². The van der Waals surface area contributed by atoms with Crippen LogP contribution in [0.1, 0.15) is 142 Å². The number of carbonyl (C=O) groups is 2. The zero-order chi connectivity index (χ0) is 24.9. The van der Waals surface area contributed by atoms with Gasteiger partial charge >= 0.3 is 5.97 Å². The molecule has 0 aromatic rings. The Bertz CT molecular complexity index is 497. The fourth-order valence-corrected chi connectivity index (χ4v) is 5.08. The Hall–Kier alpha value is -0.940. The Balaban J connectivity index is 2.34. The second-order valence-corrected chi connectivity index (χ2v) is 10.5. The average molecular weight is 482 g/mol. The molecule has 1 heterocycles. The van der Waals surface area contributed by atoms with Crippen LogP contribution in [0.15, 0.2) is 0 Å². The van der Waals surface area contributed by atoms with Gasteiger partial charge in [0.25, 0.3) is 0 Å². The van der Waals surface area contributed by atoms with Gasteiger partial charge in [0.1, 0.15) is 18.4 Å². The van der Waals surface area contributed by atoms with Gasteiger partial charge in [0.15, 0.2) is 0 Å². The number of ether oxygens (including phenoxy) is 1. The lowest BCUT2D eigenvalue weighted by Gasteiger charge is -2.39. The number of nitrogens with zero attached hydrogens (tertiary/aromatic N) is 1. The molecule has 1 aliphatic heterocycles. The lowest BCUT2D eigenvalue weighted by atomic mass is 10.0. The van der Waals surface area contributed by atoms with Crippen molar-refractivity contribution in [3.05, 3.63) is 0 Å². The Morgan fingerprint density at radius 1 is 0.853 bits per heavy atom. The van der Waals surface area contributed by atoms with Crippen molar-refractivity contribution in [2.45, 2.75) is 161 Å². The molecule has 0 amide bonds. The molecule has 1 N–H and O–H groups in total. The van der Waals surface area contributed by atoms with Crippen molar-refractivity contribution >= 4 is 12.3 Å². The van der Waals surface area contributed by atoms with E-state index in [2.05, 4.69) is 18.7 Å². The summed E-state index contributed by atoms with van der Waals surface area (Å²) in [7, 11) is 0. The quantitative estimate of drug-likeness (QED) is 0.0968. The minimum atomic E-state index is -0.423. The van der Waals surface area contributed by atoms with E-state index in [0.29, 0.717) is 25.9 Å². The van der Waals surface area contributed by atoms with E-state index in [0.717, 1.165) is 32.0 Å². The minimum absolute atomic E-state index is 0.0876. The van der Waals surface area contributed by atoms with Crippen molar-refractivity contribution in [3.63, 3.8) is 0 Å². The highest BCUT2D eigenvalue weighted by atomic mass is 16.5. The molecule has 3 unspecified atom stereocenters. The summed E-state index contributed by atoms with van der Waals surface area (Å²) in [5, 5.41) is 10.7. The molecule has 0 radical (unpaired) electrons. The molecule has 5 nitrogen and oxygen atoms in total. The number of carbonyl (C=O) groups excluding carboxylic acids is 2. The third kappa shape index (κ3) is 15.1. The molecule has 0 saturated carbocycles. The molecule has 0 aromatic carbocycles. The summed E-state index contributed by atoms with van der Waals surface area (Å²) >= 11 is 0. The fourth-order valence-electron chi connectivity index (χ4n) is 5.08. The lowest BCUT2D eigenvalue weighted by molar-refractivity contribution is -0.168. The van der Waals surface area contributed by atoms with Crippen molar-refractivity contribution < 1.29 is 19.4 Å². The predicted molar refractivity (Wildman–Crippen MR) is 141 cm³/mol. The number of rotatable bonds is 23. The zero-order valence-corrected chi connectivity index (χ0v) is 22.5. The van der Waals surface area contributed by atoms with E-state index in [1.165, 1.54) is 89.9 Å². The first kappa shape index (κ1) is 31.1. The van der Waals surface area contributed by atoms with Gasteiger partial charge < -0.3 is 14.6 Å². The van der Waals surface area contributed by atoms with Crippen molar-refractivity contribution in [3.8, 4) is 0 Å². The Morgan fingerprint density at radius 2 is 1.38 bits per heavy atom. The van der Waals surface area contributed by atoms with E-state index in [1.54, 1.807) is 0 Å². The number of hydrogen-bond donors (Lipinski definition) is 1. The topological polar surface area (TPSA) is 66.8 Å². The number of aliphatic hydroxyl groups is 1. The van der Waals surface area contributed by atoms with Crippen LogP contribution in [0.3, 0.4) is 0 Å². The molecule has 1 saturated heterocycles. The number of hydrogen-bond acceptors (Lipinski definition) is 5. The van der Waals surface area contributed by atoms with Gasteiger partial charge in [-0.05, 0) is 25.7 Å². The van der Waals surface area contributed by atoms with Crippen LogP contribution in [-0.2, 0) is 14.3 Å². The summed E-state index contributed by atoms with van der Waals surface area (Å²) in [5.41, 5.74) is 0. The number of aldehydes is 1. The average Bonchev–Trinajstić information content (AvgIpc) is 2.82. The Morgan fingerprint density at radius 3 is 1.94 bits per heavy atom. The van der Waals surface area contributed by atoms with Crippen LogP contribution in [-0.4, -0.2) is 53.6 Å². The van der Waals surface area contributed by atoms with Gasteiger partial charge in [-0.3, -0.25) is 9.69 Å². The fraction of sp³-hybridized carbons (Fsp3) is 0.931. The highest BCUT2D eigenvalue weighted by Crippen LogP contribution is 2.22. The van der Waals surface area contributed by atoms with E-state index < -0.39 is 12.1 Å². The van der Waals surface area contributed by atoms with Crippen LogP contribution in [0, 0.1) is 0 Å². The Labute approximate surface area is 210 Å². The Kier molecular flexibility index (Phi) is 19.5. The monoisotopic (exact) mass is 481 g/mol. The van der Waals surface area contributed by atoms with Gasteiger partial charge in [0, 0.05) is 19.5 Å². The molecule has 34 heavy (non-hydrogen) atoms. The molecule has 0 spiro atoms. The van der Waals surface area contributed by atoms with Crippen LogP contribution in [0.4, 0.5) is 0 Å². The highest BCUT2D eigenvalue weighted by Gasteiger charge is 2.36. The second-order valence-electron chi connectivity index (χ2n) is 10.5. The number of cyclic esters (lactones) is 1. The number of β-amino-alcohol motifs (C(OH)–C–C–N with tert-alkyl or cyclic N) is 1. The normalized spacial score (nSPS) is 19.8. The van der Waals surface area contributed by atoms with Crippen molar-refractivity contribution in [1.29, 1.82) is 0 Å². The third-order valence-electron chi connectivity index (χ3n) is 7.21. The van der Waals surface area contributed by atoms with Crippen LogP contribution in [0.25, 0.3) is 0 Å². The first-order chi connectivity index (χ1) is 16.6. The lowest BCUT2D eigenvalue weighted by Crippen LogP contribution is -2.54. The maximum absolute atomic E-state index is 12.7. The van der Waals surface area contributed by atoms with Gasteiger partial charge in [-0.2, -0.15) is 0 Å². The van der Waals surface area contributed by atoms with Crippen molar-refractivity contribution in [1.82, 2.24) is 4.90 Å². The minimum Gasteiger partial charge on any atom is -0.460 e. The molecule has 0 bridgehead atoms. The number of morpholine rings is 1. The molecule has 1 fully saturated rings. The number of esters is 1. The van der Waals surface area contributed by atoms with Gasteiger partial charge in [0.2, 0.25) is 0 Å². The standard InChI is InChI=1S/C29H55NO4/c1-3-5-7-9-11-13-15-17-20-26(32)24-30-25-27(34-29(33)28(30)22-19-23-31)21-18-16-14-12-10-8-6-4-2/h23,26-28,32H,3-22,24-25H2,1-2H3. The molecule has 1 aliphatic rings. The molecular weight excluding hydrogens is 426 g/mol. The molecule has 3 atom stereocenters. The summed E-state index contributed by atoms with van der Waals surface area (Å²) in [5.74, 6) is -0.211. The molecule has 200 valence electrons. The predicted octanol–water partition coefficient (Wildman–Crippen LogP) is 6.98. The SMILES string of the molecule is CCCCCCCCCCC(O)CN1CC(CCCCCCCCCC)OC(=O)C1CCC=O. The highest BCUT2D eigenvalue weighted by molar-refractivity contribution is 5.77. The number of unbranched alkanes of at least 4 members (excludes halogenated alkanes) is 14. The molecule has 1 rings (SSSR count). The third-order valence-corrected chi connectivity index (χ3v) is 7.21. The van der Waals surface area contributed by atoms with E-state index in [1.807, 2.05) is 0 Å². The van der Waals surface area contributed by atoms with Gasteiger partial charge in [-0.1, -0.05) is 110 Å². The largest absolute Gasteiger partial charge is 0.460 e. The van der Waals surface area contributed by atoms with E-state index in [-0.39, 0.29) is 12.1 Å². The first-order valence-corrected chi connectivity index (χ1v) is 14.7. The summed E-state index contributed by atoms with van der Waals surface area (Å²) in [6, 6.07) is -0.395. The van der Waals surface area contributed by atoms with E-state index in [4.69, 9.17) is 4.74 Å². The smallest absolute Gasteiger partial charge is 0.323 e. The summed E-state index contributed by atoms with van der Waals surface area (Å²) < 4.78 is 5.74. The molecule has 0 aromatic heterocycles. The van der Waals surface area contributed by atoms with Crippen molar-refractivity contribution in [2.75, 3.05) is 13.1 Å². The summed E-state index contributed by atoms with van der Waals surface area (Å²) in [6.45, 7) is 5.67. The zero-order valence-electron chi connectivity index (χ0n) is 22.5. The maximum atomic E-state index is 12.7. The summed E-state index contributed by atoms with van der Waals surface area (Å²) in [6.07, 6.45) is 23.0. The number of aliphatic hydroxyl groups excluding tert-OH is 1.